The minimum Gasteiger partial charge on any atom is -0.339 e. The number of hydrogen-bond donors (Lipinski definition) is 0. The monoisotopic (exact) mass is 406 g/mol. The lowest BCUT2D eigenvalue weighted by molar-refractivity contribution is 0.0792. The fourth-order valence-electron chi connectivity index (χ4n) is 3.68. The Morgan fingerprint density at radius 1 is 1.03 bits per heavy atom. The molecule has 29 heavy (non-hydrogen) atoms. The zero-order valence-electron chi connectivity index (χ0n) is 17.0. The SMILES string of the molecule is CCn1c(SCc2ccccc2C(=O)N2CCCC2)nnc1-c1ccc(C)cc1. The summed E-state index contributed by atoms with van der Waals surface area (Å²) in [5, 5.41) is 9.75. The smallest absolute Gasteiger partial charge is 0.254 e. The number of hydrogen-bond acceptors (Lipinski definition) is 4. The van der Waals surface area contributed by atoms with Crippen LogP contribution in [0.4, 0.5) is 0 Å². The lowest BCUT2D eigenvalue weighted by Gasteiger charge is -2.17. The van der Waals surface area contributed by atoms with E-state index in [-0.39, 0.29) is 5.91 Å². The normalized spacial score (nSPS) is 13.8. The first kappa shape index (κ1) is 19.7. The molecule has 0 unspecified atom stereocenters. The average Bonchev–Trinajstić information content (AvgIpc) is 3.42. The van der Waals surface area contributed by atoms with Gasteiger partial charge in [-0.3, -0.25) is 4.79 Å². The highest BCUT2D eigenvalue weighted by Gasteiger charge is 2.22. The predicted molar refractivity (Wildman–Crippen MR) is 117 cm³/mol. The van der Waals surface area contributed by atoms with E-state index in [0.29, 0.717) is 5.75 Å². The molecule has 2 aromatic carbocycles. The molecular formula is C23H26N4OS. The van der Waals surface area contributed by atoms with Crippen LogP contribution in [0.2, 0.25) is 0 Å². The van der Waals surface area contributed by atoms with Crippen LogP contribution in [0.25, 0.3) is 11.4 Å². The standard InChI is InChI=1S/C23H26N4OS/c1-3-27-21(18-12-10-17(2)11-13-18)24-25-23(27)29-16-19-8-4-5-9-20(19)22(28)26-14-6-7-15-26/h4-5,8-13H,3,6-7,14-16H2,1-2H3. The molecule has 0 spiro atoms. The van der Waals surface area contributed by atoms with Crippen molar-refractivity contribution in [2.75, 3.05) is 13.1 Å². The van der Waals surface area contributed by atoms with E-state index in [2.05, 4.69) is 52.9 Å². The van der Waals surface area contributed by atoms with Crippen LogP contribution in [0.15, 0.2) is 53.7 Å². The molecular weight excluding hydrogens is 380 g/mol. The van der Waals surface area contributed by atoms with Crippen molar-refractivity contribution in [2.24, 2.45) is 0 Å². The number of nitrogens with zero attached hydrogens (tertiary/aromatic N) is 4. The molecule has 0 radical (unpaired) electrons. The molecule has 0 N–H and O–H groups in total. The van der Waals surface area contributed by atoms with Gasteiger partial charge in [-0.2, -0.15) is 0 Å². The molecule has 1 amide bonds. The van der Waals surface area contributed by atoms with Crippen molar-refractivity contribution < 1.29 is 4.79 Å². The molecule has 6 heteroatoms. The molecule has 0 atom stereocenters. The maximum absolute atomic E-state index is 12.9. The van der Waals surface area contributed by atoms with Gasteiger partial charge in [-0.05, 0) is 38.3 Å². The maximum Gasteiger partial charge on any atom is 0.254 e. The number of aryl methyl sites for hydroxylation is 1. The molecule has 0 aliphatic carbocycles. The van der Waals surface area contributed by atoms with Gasteiger partial charge in [0.1, 0.15) is 0 Å². The molecule has 5 nitrogen and oxygen atoms in total. The van der Waals surface area contributed by atoms with Gasteiger partial charge in [0.05, 0.1) is 0 Å². The molecule has 0 bridgehead atoms. The van der Waals surface area contributed by atoms with Crippen molar-refractivity contribution in [1.82, 2.24) is 19.7 Å². The fraction of sp³-hybridized carbons (Fsp3) is 0.348. The van der Waals surface area contributed by atoms with Crippen LogP contribution in [-0.4, -0.2) is 38.7 Å². The molecule has 150 valence electrons. The van der Waals surface area contributed by atoms with Crippen LogP contribution in [0.5, 0.6) is 0 Å². The van der Waals surface area contributed by atoms with Crippen molar-refractivity contribution >= 4 is 17.7 Å². The summed E-state index contributed by atoms with van der Waals surface area (Å²) in [5.74, 6) is 1.73. The quantitative estimate of drug-likeness (QED) is 0.552. The van der Waals surface area contributed by atoms with Gasteiger partial charge < -0.3 is 9.47 Å². The Morgan fingerprint density at radius 2 is 1.76 bits per heavy atom. The summed E-state index contributed by atoms with van der Waals surface area (Å²) in [5.41, 5.74) is 4.16. The van der Waals surface area contributed by atoms with E-state index in [0.717, 1.165) is 60.1 Å². The van der Waals surface area contributed by atoms with Crippen molar-refractivity contribution in [3.05, 3.63) is 65.2 Å². The number of aromatic nitrogens is 3. The van der Waals surface area contributed by atoms with Crippen LogP contribution < -0.4 is 0 Å². The molecule has 0 saturated carbocycles. The third-order valence-corrected chi connectivity index (χ3v) is 6.36. The van der Waals surface area contributed by atoms with Gasteiger partial charge in [0.25, 0.3) is 5.91 Å². The van der Waals surface area contributed by atoms with Gasteiger partial charge >= 0.3 is 0 Å². The third-order valence-electron chi connectivity index (χ3n) is 5.34. The predicted octanol–water partition coefficient (Wildman–Crippen LogP) is 4.80. The minimum atomic E-state index is 0.149. The van der Waals surface area contributed by atoms with Crippen molar-refractivity contribution in [3.63, 3.8) is 0 Å². The van der Waals surface area contributed by atoms with Gasteiger partial charge in [0, 0.05) is 36.5 Å². The second-order valence-corrected chi connectivity index (χ2v) is 8.30. The van der Waals surface area contributed by atoms with Crippen molar-refractivity contribution in [3.8, 4) is 11.4 Å². The Balaban J connectivity index is 1.54. The van der Waals surface area contributed by atoms with E-state index in [9.17, 15) is 4.79 Å². The Kier molecular flexibility index (Phi) is 6.00. The summed E-state index contributed by atoms with van der Waals surface area (Å²) in [6.45, 7) is 6.72. The maximum atomic E-state index is 12.9. The molecule has 1 saturated heterocycles. The zero-order valence-corrected chi connectivity index (χ0v) is 17.8. The summed E-state index contributed by atoms with van der Waals surface area (Å²) < 4.78 is 2.14. The average molecular weight is 407 g/mol. The number of amides is 1. The number of carbonyl (C=O) groups excluding carboxylic acids is 1. The van der Waals surface area contributed by atoms with Crippen LogP contribution in [-0.2, 0) is 12.3 Å². The van der Waals surface area contributed by atoms with Gasteiger partial charge in [-0.1, -0.05) is 59.8 Å². The molecule has 1 aliphatic rings. The number of likely N-dealkylation sites (tertiary alicyclic amines) is 1. The third kappa shape index (κ3) is 4.22. The van der Waals surface area contributed by atoms with Crippen LogP contribution >= 0.6 is 11.8 Å². The lowest BCUT2D eigenvalue weighted by atomic mass is 10.1. The zero-order chi connectivity index (χ0) is 20.2. The Hall–Kier alpha value is -2.60. The molecule has 4 rings (SSSR count). The van der Waals surface area contributed by atoms with E-state index >= 15 is 0 Å². The van der Waals surface area contributed by atoms with E-state index < -0.39 is 0 Å². The Morgan fingerprint density at radius 3 is 2.48 bits per heavy atom. The molecule has 1 fully saturated rings. The van der Waals surface area contributed by atoms with Crippen LogP contribution in [0.1, 0.15) is 41.3 Å². The lowest BCUT2D eigenvalue weighted by Crippen LogP contribution is -2.28. The fourth-order valence-corrected chi connectivity index (χ4v) is 4.69. The van der Waals surface area contributed by atoms with Gasteiger partial charge in [-0.25, -0.2) is 0 Å². The topological polar surface area (TPSA) is 51.0 Å². The Bertz CT molecular complexity index is 990. The van der Waals surface area contributed by atoms with Crippen LogP contribution in [0, 0.1) is 6.92 Å². The summed E-state index contributed by atoms with van der Waals surface area (Å²) in [7, 11) is 0. The largest absolute Gasteiger partial charge is 0.339 e. The summed E-state index contributed by atoms with van der Waals surface area (Å²) in [6, 6.07) is 16.3. The highest BCUT2D eigenvalue weighted by molar-refractivity contribution is 7.98. The number of thioether (sulfide) groups is 1. The number of carbonyl (C=O) groups is 1. The van der Waals surface area contributed by atoms with Crippen molar-refractivity contribution in [1.29, 1.82) is 0 Å². The van der Waals surface area contributed by atoms with E-state index in [4.69, 9.17) is 0 Å². The van der Waals surface area contributed by atoms with E-state index in [1.54, 1.807) is 11.8 Å². The van der Waals surface area contributed by atoms with E-state index in [1.165, 1.54) is 5.56 Å². The van der Waals surface area contributed by atoms with Gasteiger partial charge in [0.2, 0.25) is 0 Å². The van der Waals surface area contributed by atoms with E-state index in [1.807, 2.05) is 29.2 Å². The highest BCUT2D eigenvalue weighted by Crippen LogP contribution is 2.28. The summed E-state index contributed by atoms with van der Waals surface area (Å²) in [6.07, 6.45) is 2.20. The van der Waals surface area contributed by atoms with Gasteiger partial charge in [0.15, 0.2) is 11.0 Å². The second kappa shape index (κ2) is 8.82. The molecule has 2 heterocycles. The van der Waals surface area contributed by atoms with Crippen molar-refractivity contribution in [2.45, 2.75) is 44.1 Å². The summed E-state index contributed by atoms with van der Waals surface area (Å²) in [4.78, 5) is 14.9. The second-order valence-electron chi connectivity index (χ2n) is 7.36. The highest BCUT2D eigenvalue weighted by atomic mass is 32.2. The molecule has 3 aromatic rings. The van der Waals surface area contributed by atoms with Crippen LogP contribution in [0.3, 0.4) is 0 Å². The first-order valence-electron chi connectivity index (χ1n) is 10.2. The Labute approximate surface area is 176 Å². The molecule has 1 aromatic heterocycles. The van der Waals surface area contributed by atoms with Gasteiger partial charge in [-0.15, -0.1) is 10.2 Å². The first-order chi connectivity index (χ1) is 14.2. The minimum absolute atomic E-state index is 0.149. The number of rotatable bonds is 6. The first-order valence-corrected chi connectivity index (χ1v) is 11.2. The number of benzene rings is 2. The summed E-state index contributed by atoms with van der Waals surface area (Å²) >= 11 is 1.64. The molecule has 1 aliphatic heterocycles.